The van der Waals surface area contributed by atoms with Crippen LogP contribution in [0.3, 0.4) is 0 Å². The van der Waals surface area contributed by atoms with Crippen LogP contribution in [0.5, 0.6) is 0 Å². The number of unbranched alkanes of at least 4 members (excludes halogenated alkanes) is 1. The Morgan fingerprint density at radius 3 is 2.59 bits per heavy atom. The summed E-state index contributed by atoms with van der Waals surface area (Å²) in [6.07, 6.45) is 2.39. The molecular weight excluding hydrogens is 276 g/mol. The van der Waals surface area contributed by atoms with Crippen LogP contribution in [0.15, 0.2) is 24.3 Å². The van der Waals surface area contributed by atoms with E-state index in [-0.39, 0.29) is 17.7 Å². The van der Waals surface area contributed by atoms with Gasteiger partial charge >= 0.3 is 0 Å². The first-order valence-corrected chi connectivity index (χ1v) is 8.19. The number of hydrogen-bond acceptors (Lipinski definition) is 2. The third-order valence-electron chi connectivity index (χ3n) is 4.21. The third kappa shape index (κ3) is 4.09. The van der Waals surface area contributed by atoms with Gasteiger partial charge < -0.3 is 10.2 Å². The first-order valence-electron chi connectivity index (χ1n) is 8.19. The molecule has 22 heavy (non-hydrogen) atoms. The first-order chi connectivity index (χ1) is 10.5. The number of nitrogens with zero attached hydrogens (tertiary/aromatic N) is 1. The van der Waals surface area contributed by atoms with Gasteiger partial charge in [-0.05, 0) is 30.0 Å². The second kappa shape index (κ2) is 7.43. The van der Waals surface area contributed by atoms with Crippen LogP contribution >= 0.6 is 0 Å². The van der Waals surface area contributed by atoms with E-state index in [9.17, 15) is 9.59 Å². The second-order valence-corrected chi connectivity index (χ2v) is 6.36. The van der Waals surface area contributed by atoms with E-state index in [4.69, 9.17) is 0 Å². The molecule has 1 atom stereocenters. The molecule has 0 radical (unpaired) electrons. The molecule has 2 amide bonds. The number of carbonyl (C=O) groups is 2. The summed E-state index contributed by atoms with van der Waals surface area (Å²) < 4.78 is 0. The minimum Gasteiger partial charge on any atom is -0.342 e. The lowest BCUT2D eigenvalue weighted by atomic mass is 10.0. The molecular formula is C18H26N2O2. The Labute approximate surface area is 132 Å². The van der Waals surface area contributed by atoms with Crippen LogP contribution in [0, 0.1) is 5.92 Å². The molecule has 4 heteroatoms. The van der Waals surface area contributed by atoms with Crippen molar-refractivity contribution in [2.45, 2.75) is 46.0 Å². The lowest BCUT2D eigenvalue weighted by Gasteiger charge is -2.16. The zero-order valence-electron chi connectivity index (χ0n) is 13.8. The predicted octanol–water partition coefficient (Wildman–Crippen LogP) is 3.40. The Balaban J connectivity index is 1.91. The van der Waals surface area contributed by atoms with Crippen LogP contribution < -0.4 is 5.32 Å². The first kappa shape index (κ1) is 16.5. The summed E-state index contributed by atoms with van der Waals surface area (Å²) in [5.41, 5.74) is 2.05. The van der Waals surface area contributed by atoms with E-state index in [1.54, 1.807) is 0 Å². The van der Waals surface area contributed by atoms with Gasteiger partial charge in [-0.15, -0.1) is 0 Å². The second-order valence-electron chi connectivity index (χ2n) is 6.36. The van der Waals surface area contributed by atoms with E-state index < -0.39 is 0 Å². The number of hydrogen-bond donors (Lipinski definition) is 1. The van der Waals surface area contributed by atoms with Crippen molar-refractivity contribution >= 4 is 17.5 Å². The highest BCUT2D eigenvalue weighted by Gasteiger charge is 2.33. The zero-order chi connectivity index (χ0) is 16.1. The maximum Gasteiger partial charge on any atom is 0.229 e. The van der Waals surface area contributed by atoms with Gasteiger partial charge in [0, 0.05) is 25.2 Å². The van der Waals surface area contributed by atoms with Crippen molar-refractivity contribution in [2.24, 2.45) is 5.92 Å². The maximum atomic E-state index is 12.3. The molecule has 1 saturated heterocycles. The molecule has 0 saturated carbocycles. The van der Waals surface area contributed by atoms with E-state index in [1.807, 2.05) is 29.2 Å². The summed E-state index contributed by atoms with van der Waals surface area (Å²) in [6, 6.07) is 7.93. The molecule has 120 valence electrons. The molecule has 0 unspecified atom stereocenters. The molecule has 0 spiro atoms. The van der Waals surface area contributed by atoms with Crippen molar-refractivity contribution in [3.63, 3.8) is 0 Å². The number of anilines is 1. The highest BCUT2D eigenvalue weighted by atomic mass is 16.2. The van der Waals surface area contributed by atoms with Gasteiger partial charge in [-0.3, -0.25) is 9.59 Å². The number of benzene rings is 1. The minimum absolute atomic E-state index is 0.0513. The number of nitrogens with one attached hydrogen (secondary N) is 1. The molecule has 1 aliphatic rings. The Bertz CT molecular complexity index is 522. The normalized spacial score (nSPS) is 18.1. The van der Waals surface area contributed by atoms with E-state index in [0.29, 0.717) is 18.9 Å². The van der Waals surface area contributed by atoms with Crippen LogP contribution in [-0.4, -0.2) is 29.8 Å². The molecule has 1 N–H and O–H groups in total. The largest absolute Gasteiger partial charge is 0.342 e. The van der Waals surface area contributed by atoms with Crippen LogP contribution in [0.2, 0.25) is 0 Å². The Morgan fingerprint density at radius 1 is 1.32 bits per heavy atom. The minimum atomic E-state index is -0.228. The molecule has 2 rings (SSSR count). The van der Waals surface area contributed by atoms with Gasteiger partial charge in [0.05, 0.1) is 5.92 Å². The molecule has 1 aliphatic heterocycles. The van der Waals surface area contributed by atoms with Crippen molar-refractivity contribution in [2.75, 3.05) is 18.4 Å². The third-order valence-corrected chi connectivity index (χ3v) is 4.21. The average Bonchev–Trinajstić information content (AvgIpc) is 2.87. The quantitative estimate of drug-likeness (QED) is 0.875. The molecule has 0 aliphatic carbocycles. The summed E-state index contributed by atoms with van der Waals surface area (Å²) in [5.74, 6) is 0.298. The molecule has 1 fully saturated rings. The fourth-order valence-corrected chi connectivity index (χ4v) is 2.71. The summed E-state index contributed by atoms with van der Waals surface area (Å²) >= 11 is 0. The molecule has 4 nitrogen and oxygen atoms in total. The van der Waals surface area contributed by atoms with Gasteiger partial charge in [0.2, 0.25) is 11.8 Å². The summed E-state index contributed by atoms with van der Waals surface area (Å²) in [5, 5.41) is 2.93. The van der Waals surface area contributed by atoms with Gasteiger partial charge in [-0.25, -0.2) is 0 Å². The van der Waals surface area contributed by atoms with Crippen LogP contribution in [-0.2, 0) is 9.59 Å². The number of likely N-dealkylation sites (tertiary alicyclic amines) is 1. The maximum absolute atomic E-state index is 12.3. The van der Waals surface area contributed by atoms with Crippen molar-refractivity contribution in [1.29, 1.82) is 0 Å². The Morgan fingerprint density at radius 2 is 2.00 bits per heavy atom. The smallest absolute Gasteiger partial charge is 0.229 e. The molecule has 0 bridgehead atoms. The van der Waals surface area contributed by atoms with Gasteiger partial charge in [0.25, 0.3) is 0 Å². The number of carbonyl (C=O) groups excluding carboxylic acids is 2. The van der Waals surface area contributed by atoms with Crippen LogP contribution in [0.4, 0.5) is 5.69 Å². The number of amides is 2. The van der Waals surface area contributed by atoms with E-state index in [0.717, 1.165) is 25.1 Å². The molecule has 1 aromatic rings. The fourth-order valence-electron chi connectivity index (χ4n) is 2.71. The molecule has 1 heterocycles. The summed E-state index contributed by atoms with van der Waals surface area (Å²) in [6.45, 7) is 7.70. The van der Waals surface area contributed by atoms with Crippen molar-refractivity contribution in [3.05, 3.63) is 29.8 Å². The van der Waals surface area contributed by atoms with Gasteiger partial charge in [-0.2, -0.15) is 0 Å². The van der Waals surface area contributed by atoms with E-state index in [2.05, 4.69) is 26.1 Å². The Hall–Kier alpha value is -1.84. The summed E-state index contributed by atoms with van der Waals surface area (Å²) in [7, 11) is 0. The zero-order valence-corrected chi connectivity index (χ0v) is 13.8. The predicted molar refractivity (Wildman–Crippen MR) is 88.8 cm³/mol. The molecule has 1 aromatic carbocycles. The van der Waals surface area contributed by atoms with Crippen molar-refractivity contribution < 1.29 is 9.59 Å². The van der Waals surface area contributed by atoms with E-state index in [1.165, 1.54) is 5.56 Å². The highest BCUT2D eigenvalue weighted by Crippen LogP contribution is 2.21. The molecule has 0 aromatic heterocycles. The average molecular weight is 302 g/mol. The standard InChI is InChI=1S/C18H26N2O2/c1-4-5-10-20-12-15(11-17(20)21)18(22)19-16-8-6-14(7-9-16)13(2)3/h6-9,13,15H,4-5,10-12H2,1-3H3,(H,19,22)/t15-/m1/s1. The summed E-state index contributed by atoms with van der Waals surface area (Å²) in [4.78, 5) is 26.0. The lowest BCUT2D eigenvalue weighted by molar-refractivity contribution is -0.128. The number of rotatable bonds is 6. The van der Waals surface area contributed by atoms with Gasteiger partial charge in [-0.1, -0.05) is 39.3 Å². The fraction of sp³-hybridized carbons (Fsp3) is 0.556. The highest BCUT2D eigenvalue weighted by molar-refractivity contribution is 5.97. The van der Waals surface area contributed by atoms with Gasteiger partial charge in [0.1, 0.15) is 0 Å². The topological polar surface area (TPSA) is 49.4 Å². The van der Waals surface area contributed by atoms with Crippen LogP contribution in [0.1, 0.15) is 51.5 Å². The van der Waals surface area contributed by atoms with E-state index >= 15 is 0 Å². The van der Waals surface area contributed by atoms with Crippen molar-refractivity contribution in [1.82, 2.24) is 4.90 Å². The van der Waals surface area contributed by atoms with Gasteiger partial charge in [0.15, 0.2) is 0 Å². The lowest BCUT2D eigenvalue weighted by Crippen LogP contribution is -2.29. The Kier molecular flexibility index (Phi) is 5.58. The van der Waals surface area contributed by atoms with Crippen molar-refractivity contribution in [3.8, 4) is 0 Å². The monoisotopic (exact) mass is 302 g/mol. The SMILES string of the molecule is CCCCN1C[C@H](C(=O)Nc2ccc(C(C)C)cc2)CC1=O. The van der Waals surface area contributed by atoms with Crippen LogP contribution in [0.25, 0.3) is 0 Å².